The lowest BCUT2D eigenvalue weighted by Gasteiger charge is -2.27. The lowest BCUT2D eigenvalue weighted by atomic mass is 9.85. The van der Waals surface area contributed by atoms with Gasteiger partial charge >= 0.3 is 0 Å². The van der Waals surface area contributed by atoms with Gasteiger partial charge in [0.25, 0.3) is 0 Å². The van der Waals surface area contributed by atoms with Gasteiger partial charge < -0.3 is 14.8 Å². The molecule has 0 amide bonds. The fraction of sp³-hybridized carbons (Fsp3) is 0.667. The van der Waals surface area contributed by atoms with Crippen molar-refractivity contribution < 1.29 is 9.47 Å². The molecule has 1 aromatic rings. The Morgan fingerprint density at radius 2 is 1.67 bits per heavy atom. The van der Waals surface area contributed by atoms with Gasteiger partial charge in [0.2, 0.25) is 0 Å². The second kappa shape index (κ2) is 7.69. The maximum atomic E-state index is 5.41. The molecule has 3 heteroatoms. The van der Waals surface area contributed by atoms with Gasteiger partial charge in [-0.15, -0.1) is 0 Å². The minimum Gasteiger partial charge on any atom is -0.493 e. The molecule has 0 atom stereocenters. The smallest absolute Gasteiger partial charge is 0.161 e. The van der Waals surface area contributed by atoms with Crippen molar-refractivity contribution in [1.82, 2.24) is 5.32 Å². The molecule has 0 radical (unpaired) electrons. The summed E-state index contributed by atoms with van der Waals surface area (Å²) >= 11 is 0. The number of ether oxygens (including phenoxy) is 2. The Hall–Kier alpha value is -1.22. The average Bonchev–Trinajstić information content (AvgIpc) is 2.43. The van der Waals surface area contributed by atoms with Crippen molar-refractivity contribution in [1.29, 1.82) is 0 Å². The molecule has 0 saturated carbocycles. The summed E-state index contributed by atoms with van der Waals surface area (Å²) < 4.78 is 10.8. The molecule has 0 bridgehead atoms. The van der Waals surface area contributed by atoms with Crippen LogP contribution in [0.25, 0.3) is 0 Å². The standard InChI is InChI=1S/C18H31NO2/c1-13(2)19-12-18(4,5)9-8-15-11-17(21-7)16(20-6)10-14(15)3/h10-11,13,19H,8-9,12H2,1-7H3. The van der Waals surface area contributed by atoms with Crippen molar-refractivity contribution in [3.63, 3.8) is 0 Å². The second-order valence-corrected chi connectivity index (χ2v) is 6.83. The molecule has 0 heterocycles. The zero-order valence-corrected chi connectivity index (χ0v) is 14.7. The van der Waals surface area contributed by atoms with E-state index in [2.05, 4.69) is 52.1 Å². The van der Waals surface area contributed by atoms with E-state index in [1.807, 2.05) is 0 Å². The van der Waals surface area contributed by atoms with Crippen LogP contribution in [-0.4, -0.2) is 26.8 Å². The second-order valence-electron chi connectivity index (χ2n) is 6.83. The average molecular weight is 293 g/mol. The number of rotatable bonds is 8. The van der Waals surface area contributed by atoms with Crippen molar-refractivity contribution in [2.45, 2.75) is 53.5 Å². The van der Waals surface area contributed by atoms with Gasteiger partial charge in [-0.2, -0.15) is 0 Å². The van der Waals surface area contributed by atoms with Crippen molar-refractivity contribution >= 4 is 0 Å². The SMILES string of the molecule is COc1cc(C)c(CCC(C)(C)CNC(C)C)cc1OC. The molecule has 0 aliphatic carbocycles. The zero-order chi connectivity index (χ0) is 16.0. The Kier molecular flexibility index (Phi) is 6.53. The first-order chi connectivity index (χ1) is 9.79. The maximum Gasteiger partial charge on any atom is 0.161 e. The van der Waals surface area contributed by atoms with Crippen LogP contribution in [0.3, 0.4) is 0 Å². The summed E-state index contributed by atoms with van der Waals surface area (Å²) in [6.45, 7) is 12.2. The highest BCUT2D eigenvalue weighted by Gasteiger charge is 2.19. The van der Waals surface area contributed by atoms with Crippen molar-refractivity contribution in [3.05, 3.63) is 23.3 Å². The third kappa shape index (κ3) is 5.58. The summed E-state index contributed by atoms with van der Waals surface area (Å²) in [7, 11) is 3.37. The Morgan fingerprint density at radius 3 is 2.19 bits per heavy atom. The van der Waals surface area contributed by atoms with Crippen molar-refractivity contribution in [2.75, 3.05) is 20.8 Å². The quantitative estimate of drug-likeness (QED) is 0.786. The number of benzene rings is 1. The topological polar surface area (TPSA) is 30.5 Å². The summed E-state index contributed by atoms with van der Waals surface area (Å²) in [5.41, 5.74) is 2.88. The predicted octanol–water partition coefficient (Wildman–Crippen LogP) is 3.97. The first kappa shape index (κ1) is 17.8. The Balaban J connectivity index is 2.74. The van der Waals surface area contributed by atoms with Crippen LogP contribution >= 0.6 is 0 Å². The van der Waals surface area contributed by atoms with Crippen LogP contribution in [0.4, 0.5) is 0 Å². The lowest BCUT2D eigenvalue weighted by molar-refractivity contribution is 0.303. The molecule has 3 nitrogen and oxygen atoms in total. The lowest BCUT2D eigenvalue weighted by Crippen LogP contribution is -2.34. The third-order valence-corrected chi connectivity index (χ3v) is 3.90. The number of hydrogen-bond donors (Lipinski definition) is 1. The fourth-order valence-electron chi connectivity index (χ4n) is 2.33. The number of aryl methyl sites for hydroxylation is 2. The van der Waals surface area contributed by atoms with Gasteiger partial charge in [0, 0.05) is 12.6 Å². The van der Waals surface area contributed by atoms with E-state index in [1.54, 1.807) is 14.2 Å². The molecule has 0 fully saturated rings. The van der Waals surface area contributed by atoms with Crippen molar-refractivity contribution in [2.24, 2.45) is 5.41 Å². The largest absolute Gasteiger partial charge is 0.493 e. The van der Waals surface area contributed by atoms with E-state index < -0.39 is 0 Å². The highest BCUT2D eigenvalue weighted by molar-refractivity contribution is 5.47. The van der Waals surface area contributed by atoms with Crippen LogP contribution in [0.5, 0.6) is 11.5 Å². The molecule has 1 N–H and O–H groups in total. The highest BCUT2D eigenvalue weighted by atomic mass is 16.5. The van der Waals surface area contributed by atoms with Gasteiger partial charge in [0.1, 0.15) is 0 Å². The molecule has 0 aliphatic rings. The molecule has 0 saturated heterocycles. The molecule has 0 aliphatic heterocycles. The van der Waals surface area contributed by atoms with Gasteiger partial charge in [-0.3, -0.25) is 0 Å². The normalized spacial score (nSPS) is 11.8. The van der Waals surface area contributed by atoms with Gasteiger partial charge in [-0.1, -0.05) is 27.7 Å². The number of hydrogen-bond acceptors (Lipinski definition) is 3. The van der Waals surface area contributed by atoms with E-state index in [0.29, 0.717) is 6.04 Å². The van der Waals surface area contributed by atoms with Gasteiger partial charge in [0.15, 0.2) is 11.5 Å². The summed E-state index contributed by atoms with van der Waals surface area (Å²) in [6.07, 6.45) is 2.20. The van der Waals surface area contributed by atoms with Crippen LogP contribution in [0.1, 0.15) is 45.2 Å². The minimum atomic E-state index is 0.282. The summed E-state index contributed by atoms with van der Waals surface area (Å²) in [5.74, 6) is 1.62. The van der Waals surface area contributed by atoms with Crippen LogP contribution in [0, 0.1) is 12.3 Å². The van der Waals surface area contributed by atoms with Crippen LogP contribution in [-0.2, 0) is 6.42 Å². The molecule has 0 unspecified atom stereocenters. The van der Waals surface area contributed by atoms with E-state index in [4.69, 9.17) is 9.47 Å². The number of methoxy groups -OCH3 is 2. The van der Waals surface area contributed by atoms with E-state index in [9.17, 15) is 0 Å². The molecule has 0 spiro atoms. The van der Waals surface area contributed by atoms with E-state index in [-0.39, 0.29) is 5.41 Å². The van der Waals surface area contributed by atoms with Crippen LogP contribution in [0.2, 0.25) is 0 Å². The minimum absolute atomic E-state index is 0.282. The van der Waals surface area contributed by atoms with E-state index >= 15 is 0 Å². The van der Waals surface area contributed by atoms with Crippen molar-refractivity contribution in [3.8, 4) is 11.5 Å². The predicted molar refractivity (Wildman–Crippen MR) is 89.5 cm³/mol. The van der Waals surface area contributed by atoms with Gasteiger partial charge in [0.05, 0.1) is 14.2 Å². The van der Waals surface area contributed by atoms with E-state index in [1.165, 1.54) is 11.1 Å². The summed E-state index contributed by atoms with van der Waals surface area (Å²) in [5, 5.41) is 3.53. The first-order valence-electron chi connectivity index (χ1n) is 7.74. The Morgan fingerprint density at radius 1 is 1.10 bits per heavy atom. The Labute approximate surface area is 130 Å². The van der Waals surface area contributed by atoms with Crippen LogP contribution < -0.4 is 14.8 Å². The highest BCUT2D eigenvalue weighted by Crippen LogP contribution is 2.32. The zero-order valence-electron chi connectivity index (χ0n) is 14.7. The van der Waals surface area contributed by atoms with Gasteiger partial charge in [-0.25, -0.2) is 0 Å². The molecular weight excluding hydrogens is 262 g/mol. The summed E-state index contributed by atoms with van der Waals surface area (Å²) in [4.78, 5) is 0. The molecule has 0 aromatic heterocycles. The number of nitrogens with one attached hydrogen (secondary N) is 1. The maximum absolute atomic E-state index is 5.41. The molecule has 120 valence electrons. The fourth-order valence-corrected chi connectivity index (χ4v) is 2.33. The van der Waals surface area contributed by atoms with Crippen LogP contribution in [0.15, 0.2) is 12.1 Å². The van der Waals surface area contributed by atoms with E-state index in [0.717, 1.165) is 30.9 Å². The monoisotopic (exact) mass is 293 g/mol. The molecule has 21 heavy (non-hydrogen) atoms. The molecule has 1 aromatic carbocycles. The summed E-state index contributed by atoms with van der Waals surface area (Å²) in [6, 6.07) is 4.71. The Bertz CT molecular complexity index is 453. The van der Waals surface area contributed by atoms with Gasteiger partial charge in [-0.05, 0) is 48.4 Å². The third-order valence-electron chi connectivity index (χ3n) is 3.90. The first-order valence-corrected chi connectivity index (χ1v) is 7.74. The molecule has 1 rings (SSSR count). The molecular formula is C18H31NO2.